The van der Waals surface area contributed by atoms with Gasteiger partial charge in [-0.1, -0.05) is 29.3 Å². The van der Waals surface area contributed by atoms with Gasteiger partial charge in [0.2, 0.25) is 0 Å². The van der Waals surface area contributed by atoms with Gasteiger partial charge in [0.15, 0.2) is 0 Å². The first-order chi connectivity index (χ1) is 8.38. The summed E-state index contributed by atoms with van der Waals surface area (Å²) in [5.74, 6) is 0. The molecule has 0 saturated heterocycles. The van der Waals surface area contributed by atoms with Crippen LogP contribution in [0.25, 0.3) is 0 Å². The van der Waals surface area contributed by atoms with Crippen molar-refractivity contribution in [3.63, 3.8) is 0 Å². The van der Waals surface area contributed by atoms with Crippen LogP contribution in [-0.4, -0.2) is 21.1 Å². The van der Waals surface area contributed by atoms with E-state index in [4.69, 9.17) is 23.2 Å². The van der Waals surface area contributed by atoms with Crippen LogP contribution in [0.2, 0.25) is 10.0 Å². The largest absolute Gasteiger partial charge is 0.449 e. The molecule has 2 N–H and O–H groups in total. The van der Waals surface area contributed by atoms with Crippen molar-refractivity contribution in [2.45, 2.75) is 11.8 Å². The van der Waals surface area contributed by atoms with Crippen LogP contribution in [-0.2, 0) is 14.8 Å². The normalized spacial score (nSPS) is 11.1. The molecule has 0 fully saturated rings. The molecule has 0 aliphatic rings. The highest BCUT2D eigenvalue weighted by Gasteiger charge is 2.20. The SMILES string of the molecule is CCOC(=O)NNS(=O)(=O)c1cccc(Cl)c1Cl. The predicted molar refractivity (Wildman–Crippen MR) is 66.9 cm³/mol. The Hall–Kier alpha value is -1.02. The highest BCUT2D eigenvalue weighted by molar-refractivity contribution is 7.89. The molecule has 18 heavy (non-hydrogen) atoms. The van der Waals surface area contributed by atoms with Gasteiger partial charge >= 0.3 is 6.09 Å². The zero-order valence-electron chi connectivity index (χ0n) is 9.24. The van der Waals surface area contributed by atoms with Crippen LogP contribution in [0.15, 0.2) is 23.1 Å². The molecule has 0 heterocycles. The smallest absolute Gasteiger partial charge is 0.422 e. The number of hydrogen-bond acceptors (Lipinski definition) is 4. The summed E-state index contributed by atoms with van der Waals surface area (Å²) >= 11 is 11.5. The first kappa shape index (κ1) is 15.0. The van der Waals surface area contributed by atoms with E-state index < -0.39 is 16.1 Å². The lowest BCUT2D eigenvalue weighted by molar-refractivity contribution is 0.150. The van der Waals surface area contributed by atoms with Gasteiger partial charge in [-0.15, -0.1) is 4.83 Å². The van der Waals surface area contributed by atoms with E-state index in [1.54, 1.807) is 6.92 Å². The van der Waals surface area contributed by atoms with Crippen LogP contribution in [0.3, 0.4) is 0 Å². The summed E-state index contributed by atoms with van der Waals surface area (Å²) in [6.07, 6.45) is -0.917. The Bertz CT molecular complexity index is 547. The second kappa shape index (κ2) is 6.24. The molecule has 1 aromatic carbocycles. The molecule has 0 bridgehead atoms. The molecule has 0 spiro atoms. The number of rotatable bonds is 4. The van der Waals surface area contributed by atoms with Gasteiger partial charge in [0.25, 0.3) is 10.0 Å². The van der Waals surface area contributed by atoms with Crippen molar-refractivity contribution in [2.24, 2.45) is 0 Å². The van der Waals surface area contributed by atoms with Crippen LogP contribution >= 0.6 is 23.2 Å². The van der Waals surface area contributed by atoms with Gasteiger partial charge < -0.3 is 4.74 Å². The molecule has 100 valence electrons. The lowest BCUT2D eigenvalue weighted by Gasteiger charge is -2.09. The minimum Gasteiger partial charge on any atom is -0.449 e. The van der Waals surface area contributed by atoms with Crippen molar-refractivity contribution < 1.29 is 17.9 Å². The molecule has 9 heteroatoms. The highest BCUT2D eigenvalue weighted by Crippen LogP contribution is 2.28. The van der Waals surface area contributed by atoms with Crippen molar-refractivity contribution >= 4 is 39.3 Å². The van der Waals surface area contributed by atoms with Crippen LogP contribution in [0.1, 0.15) is 6.92 Å². The van der Waals surface area contributed by atoms with Crippen LogP contribution in [0.5, 0.6) is 0 Å². The Morgan fingerprint density at radius 1 is 1.39 bits per heavy atom. The quantitative estimate of drug-likeness (QED) is 0.832. The van der Waals surface area contributed by atoms with Gasteiger partial charge in [-0.3, -0.25) is 0 Å². The monoisotopic (exact) mass is 312 g/mol. The number of amides is 1. The number of hydrogen-bond donors (Lipinski definition) is 2. The zero-order valence-corrected chi connectivity index (χ0v) is 11.6. The second-order valence-electron chi connectivity index (χ2n) is 3.00. The van der Waals surface area contributed by atoms with Crippen molar-refractivity contribution in [3.8, 4) is 0 Å². The first-order valence-electron chi connectivity index (χ1n) is 4.77. The number of sulfonamides is 1. The van der Waals surface area contributed by atoms with Crippen LogP contribution in [0.4, 0.5) is 4.79 Å². The fraction of sp³-hybridized carbons (Fsp3) is 0.222. The van der Waals surface area contributed by atoms with E-state index in [2.05, 4.69) is 4.74 Å². The van der Waals surface area contributed by atoms with Crippen LogP contribution < -0.4 is 10.3 Å². The van der Waals surface area contributed by atoms with E-state index in [1.807, 2.05) is 10.3 Å². The van der Waals surface area contributed by atoms with Gasteiger partial charge in [0.05, 0.1) is 16.7 Å². The fourth-order valence-corrected chi connectivity index (χ4v) is 2.62. The topological polar surface area (TPSA) is 84.5 Å². The predicted octanol–water partition coefficient (Wildman–Crippen LogP) is 1.93. The van der Waals surface area contributed by atoms with E-state index in [0.717, 1.165) is 0 Å². The zero-order chi connectivity index (χ0) is 13.8. The van der Waals surface area contributed by atoms with E-state index in [1.165, 1.54) is 18.2 Å². The number of halogens is 2. The summed E-state index contributed by atoms with van der Waals surface area (Å²) in [6.45, 7) is 1.70. The summed E-state index contributed by atoms with van der Waals surface area (Å²) in [6, 6.07) is 4.12. The third kappa shape index (κ3) is 3.74. The van der Waals surface area contributed by atoms with Crippen molar-refractivity contribution in [1.29, 1.82) is 0 Å². The standard InChI is InChI=1S/C9H10Cl2N2O4S/c1-2-17-9(14)12-13-18(15,16)7-5-3-4-6(10)8(7)11/h3-5,13H,2H2,1H3,(H,12,14). The van der Waals surface area contributed by atoms with Gasteiger partial charge in [-0.05, 0) is 19.1 Å². The van der Waals surface area contributed by atoms with E-state index in [0.29, 0.717) is 0 Å². The lowest BCUT2D eigenvalue weighted by Crippen LogP contribution is -2.41. The second-order valence-corrected chi connectivity index (χ2v) is 5.44. The van der Waals surface area contributed by atoms with Gasteiger partial charge in [-0.2, -0.15) is 0 Å². The molecule has 0 radical (unpaired) electrons. The molecule has 1 rings (SSSR count). The van der Waals surface area contributed by atoms with Gasteiger partial charge in [0.1, 0.15) is 4.90 Å². The summed E-state index contributed by atoms with van der Waals surface area (Å²) in [4.78, 5) is 12.5. The molecular weight excluding hydrogens is 303 g/mol. The van der Waals surface area contributed by atoms with E-state index in [-0.39, 0.29) is 21.5 Å². The molecule has 0 saturated carbocycles. The van der Waals surface area contributed by atoms with Gasteiger partial charge in [-0.25, -0.2) is 18.6 Å². The molecule has 0 unspecified atom stereocenters. The lowest BCUT2D eigenvalue weighted by atomic mass is 10.4. The van der Waals surface area contributed by atoms with E-state index >= 15 is 0 Å². The Balaban J connectivity index is 2.87. The van der Waals surface area contributed by atoms with Crippen molar-refractivity contribution in [3.05, 3.63) is 28.2 Å². The van der Waals surface area contributed by atoms with Crippen molar-refractivity contribution in [2.75, 3.05) is 6.61 Å². The summed E-state index contributed by atoms with van der Waals surface area (Å²) in [5, 5.41) is -0.0343. The molecule has 0 aliphatic heterocycles. The number of nitrogens with one attached hydrogen (secondary N) is 2. The maximum absolute atomic E-state index is 11.8. The minimum absolute atomic E-state index is 0.0932. The van der Waals surface area contributed by atoms with Crippen LogP contribution in [0, 0.1) is 0 Å². The summed E-state index contributed by atoms with van der Waals surface area (Å²) in [7, 11) is -4.01. The Labute approximate surface area is 114 Å². The first-order valence-corrected chi connectivity index (χ1v) is 7.01. The van der Waals surface area contributed by atoms with E-state index in [9.17, 15) is 13.2 Å². The molecule has 0 aliphatic carbocycles. The number of ether oxygens (including phenoxy) is 1. The highest BCUT2D eigenvalue weighted by atomic mass is 35.5. The Morgan fingerprint density at radius 3 is 2.67 bits per heavy atom. The number of benzene rings is 1. The molecular formula is C9H10Cl2N2O4S. The fourth-order valence-electron chi connectivity index (χ4n) is 1.02. The maximum atomic E-state index is 11.8. The molecule has 6 nitrogen and oxygen atoms in total. The molecule has 1 aromatic rings. The third-order valence-electron chi connectivity index (χ3n) is 1.77. The minimum atomic E-state index is -4.01. The summed E-state index contributed by atoms with van der Waals surface area (Å²) in [5.41, 5.74) is 1.87. The number of hydrazine groups is 1. The molecule has 0 atom stereocenters. The number of carbonyl (C=O) groups excluding carboxylic acids is 1. The third-order valence-corrected chi connectivity index (χ3v) is 3.99. The number of carbonyl (C=O) groups is 1. The molecule has 1 amide bonds. The average Bonchev–Trinajstić information content (AvgIpc) is 2.30. The van der Waals surface area contributed by atoms with Gasteiger partial charge in [0, 0.05) is 0 Å². The maximum Gasteiger partial charge on any atom is 0.422 e. The summed E-state index contributed by atoms with van der Waals surface area (Å²) < 4.78 is 28.1. The Morgan fingerprint density at radius 2 is 2.06 bits per heavy atom. The Kier molecular flexibility index (Phi) is 5.21. The molecule has 0 aromatic heterocycles. The van der Waals surface area contributed by atoms with Crippen molar-refractivity contribution in [1.82, 2.24) is 10.3 Å². The average molecular weight is 313 g/mol.